The fourth-order valence-electron chi connectivity index (χ4n) is 3.68. The van der Waals surface area contributed by atoms with Crippen molar-refractivity contribution in [1.82, 2.24) is 4.98 Å². The molecule has 2 heterocycles. The van der Waals surface area contributed by atoms with Gasteiger partial charge in [-0.15, -0.1) is 5.10 Å². The quantitative estimate of drug-likeness (QED) is 0.708. The lowest BCUT2D eigenvalue weighted by Gasteiger charge is -2.20. The molecule has 0 atom stereocenters. The second kappa shape index (κ2) is 7.90. The van der Waals surface area contributed by atoms with Gasteiger partial charge in [0.1, 0.15) is 12.3 Å². The van der Waals surface area contributed by atoms with Gasteiger partial charge in [0.15, 0.2) is 6.61 Å². The van der Waals surface area contributed by atoms with Gasteiger partial charge in [-0.1, -0.05) is 36.8 Å². The van der Waals surface area contributed by atoms with Crippen LogP contribution in [0.4, 0.5) is 8.78 Å². The maximum Gasteiger partial charge on any atom is 0.272 e. The molecule has 0 saturated heterocycles. The number of pyridine rings is 1. The number of hydrogen-bond donors (Lipinski definition) is 0. The van der Waals surface area contributed by atoms with Crippen LogP contribution < -0.4 is 4.74 Å². The zero-order valence-corrected chi connectivity index (χ0v) is 14.9. The summed E-state index contributed by atoms with van der Waals surface area (Å²) in [4.78, 5) is 4.66. The summed E-state index contributed by atoms with van der Waals surface area (Å²) >= 11 is 0. The van der Waals surface area contributed by atoms with Gasteiger partial charge in [-0.2, -0.15) is 5.11 Å². The van der Waals surface area contributed by atoms with E-state index in [1.54, 1.807) is 0 Å². The molecule has 1 aromatic heterocycles. The highest BCUT2D eigenvalue weighted by Gasteiger charge is 2.27. The molecule has 0 bridgehead atoms. The summed E-state index contributed by atoms with van der Waals surface area (Å²) in [7, 11) is 0. The number of ether oxygens (including phenoxy) is 1. The van der Waals surface area contributed by atoms with Crippen LogP contribution in [0.15, 0.2) is 45.8 Å². The number of halogens is 2. The molecule has 1 aliphatic carbocycles. The average Bonchev–Trinajstić information content (AvgIpc) is 3.11. The van der Waals surface area contributed by atoms with Crippen molar-refractivity contribution >= 4 is 5.71 Å². The van der Waals surface area contributed by atoms with E-state index in [9.17, 15) is 8.78 Å². The molecule has 0 saturated carbocycles. The topological polar surface area (TPSA) is 59.2 Å². The van der Waals surface area contributed by atoms with Crippen molar-refractivity contribution in [3.63, 3.8) is 0 Å². The standard InChI is InChI=1S/C20H20F2N4O/c21-17(22)12-27-20-19(16-11-23-26-25-16)18(13-7-3-1-4-8-13)14-9-5-2-6-10-15(14)24-20/h1,3-4,7-8,17H,2,5-6,9-12H2. The SMILES string of the molecule is FC(F)COc1nc2c(c(-c3ccccc3)c1C1=NN=NC1)CCCCC2. The van der Waals surface area contributed by atoms with Gasteiger partial charge in [0.25, 0.3) is 6.43 Å². The van der Waals surface area contributed by atoms with E-state index in [0.29, 0.717) is 17.8 Å². The van der Waals surface area contributed by atoms with Crippen LogP contribution >= 0.6 is 0 Å². The molecule has 0 amide bonds. The van der Waals surface area contributed by atoms with Gasteiger partial charge in [-0.25, -0.2) is 13.8 Å². The number of rotatable bonds is 5. The molecule has 27 heavy (non-hydrogen) atoms. The molecule has 0 unspecified atom stereocenters. The lowest BCUT2D eigenvalue weighted by molar-refractivity contribution is 0.0794. The van der Waals surface area contributed by atoms with Crippen molar-refractivity contribution in [1.29, 1.82) is 0 Å². The molecule has 0 spiro atoms. The zero-order valence-electron chi connectivity index (χ0n) is 14.9. The molecule has 0 radical (unpaired) electrons. The van der Waals surface area contributed by atoms with Crippen LogP contribution in [-0.4, -0.2) is 30.3 Å². The van der Waals surface area contributed by atoms with E-state index in [1.807, 2.05) is 30.3 Å². The Kier molecular flexibility index (Phi) is 5.18. The highest BCUT2D eigenvalue weighted by molar-refractivity contribution is 6.10. The maximum atomic E-state index is 12.8. The van der Waals surface area contributed by atoms with Crippen molar-refractivity contribution in [2.75, 3.05) is 13.2 Å². The third kappa shape index (κ3) is 3.72. The van der Waals surface area contributed by atoms with Crippen LogP contribution in [0, 0.1) is 0 Å². The van der Waals surface area contributed by atoms with Crippen molar-refractivity contribution in [3.8, 4) is 17.0 Å². The van der Waals surface area contributed by atoms with E-state index in [-0.39, 0.29) is 5.88 Å². The first-order valence-electron chi connectivity index (χ1n) is 9.20. The smallest absolute Gasteiger partial charge is 0.272 e. The number of alkyl halides is 2. The predicted octanol–water partition coefficient (Wildman–Crippen LogP) is 4.83. The fraction of sp³-hybridized carbons (Fsp3) is 0.400. The third-order valence-electron chi connectivity index (χ3n) is 4.84. The van der Waals surface area contributed by atoms with Gasteiger partial charge in [0, 0.05) is 11.3 Å². The monoisotopic (exact) mass is 370 g/mol. The largest absolute Gasteiger partial charge is 0.471 e. The molecule has 4 rings (SSSR count). The van der Waals surface area contributed by atoms with Crippen LogP contribution in [0.2, 0.25) is 0 Å². The Morgan fingerprint density at radius 1 is 1.00 bits per heavy atom. The lowest BCUT2D eigenvalue weighted by atomic mass is 9.89. The zero-order chi connectivity index (χ0) is 18.6. The van der Waals surface area contributed by atoms with E-state index in [0.717, 1.165) is 54.5 Å². The summed E-state index contributed by atoms with van der Waals surface area (Å²) in [5.41, 5.74) is 5.33. The Labute approximate surface area is 156 Å². The molecular formula is C20H20F2N4O. The maximum absolute atomic E-state index is 12.8. The van der Waals surface area contributed by atoms with E-state index in [2.05, 4.69) is 20.4 Å². The van der Waals surface area contributed by atoms with Crippen LogP contribution in [-0.2, 0) is 12.8 Å². The van der Waals surface area contributed by atoms with Crippen LogP contribution in [0.3, 0.4) is 0 Å². The Balaban J connectivity index is 1.95. The van der Waals surface area contributed by atoms with Gasteiger partial charge in [-0.3, -0.25) is 0 Å². The average molecular weight is 370 g/mol. The van der Waals surface area contributed by atoms with E-state index >= 15 is 0 Å². The summed E-state index contributed by atoms with van der Waals surface area (Å²) in [6, 6.07) is 9.92. The molecule has 2 aromatic rings. The van der Waals surface area contributed by atoms with Gasteiger partial charge < -0.3 is 4.74 Å². The number of aromatic nitrogens is 1. The Morgan fingerprint density at radius 2 is 1.81 bits per heavy atom. The van der Waals surface area contributed by atoms with Crippen molar-refractivity contribution in [2.45, 2.75) is 38.5 Å². The third-order valence-corrected chi connectivity index (χ3v) is 4.84. The van der Waals surface area contributed by atoms with Gasteiger partial charge in [-0.05, 0) is 42.0 Å². The Hall–Kier alpha value is -2.70. The first kappa shape index (κ1) is 17.7. The normalized spacial score (nSPS) is 16.2. The minimum Gasteiger partial charge on any atom is -0.471 e. The molecule has 0 N–H and O–H groups in total. The number of benzene rings is 1. The minimum atomic E-state index is -2.57. The van der Waals surface area contributed by atoms with Gasteiger partial charge in [0.05, 0.1) is 5.56 Å². The van der Waals surface area contributed by atoms with E-state index in [4.69, 9.17) is 4.74 Å². The van der Waals surface area contributed by atoms with Gasteiger partial charge in [0.2, 0.25) is 5.88 Å². The van der Waals surface area contributed by atoms with E-state index < -0.39 is 13.0 Å². The number of nitrogens with zero attached hydrogens (tertiary/aromatic N) is 4. The number of fused-ring (bicyclic) bond motifs is 1. The first-order valence-corrected chi connectivity index (χ1v) is 9.20. The molecule has 0 fully saturated rings. The van der Waals surface area contributed by atoms with Crippen LogP contribution in [0.25, 0.3) is 11.1 Å². The Bertz CT molecular complexity index is 881. The van der Waals surface area contributed by atoms with Crippen molar-refractivity contribution in [2.24, 2.45) is 15.4 Å². The first-order chi connectivity index (χ1) is 13.2. The molecule has 5 nitrogen and oxygen atoms in total. The highest BCUT2D eigenvalue weighted by atomic mass is 19.3. The summed E-state index contributed by atoms with van der Waals surface area (Å²) in [6.45, 7) is -0.403. The number of aryl methyl sites for hydroxylation is 1. The molecular weight excluding hydrogens is 350 g/mol. The summed E-state index contributed by atoms with van der Waals surface area (Å²) in [5.74, 6) is 0.209. The van der Waals surface area contributed by atoms with E-state index in [1.165, 1.54) is 0 Å². The highest BCUT2D eigenvalue weighted by Crippen LogP contribution is 2.38. The van der Waals surface area contributed by atoms with Crippen LogP contribution in [0.1, 0.15) is 36.1 Å². The lowest BCUT2D eigenvalue weighted by Crippen LogP contribution is -2.16. The fourth-order valence-corrected chi connectivity index (χ4v) is 3.68. The second-order valence-electron chi connectivity index (χ2n) is 6.66. The van der Waals surface area contributed by atoms with Crippen LogP contribution in [0.5, 0.6) is 5.88 Å². The van der Waals surface area contributed by atoms with Crippen molar-refractivity contribution < 1.29 is 13.5 Å². The molecule has 7 heteroatoms. The van der Waals surface area contributed by atoms with Crippen molar-refractivity contribution in [3.05, 3.63) is 47.2 Å². The van der Waals surface area contributed by atoms with Gasteiger partial charge >= 0.3 is 0 Å². The second-order valence-corrected chi connectivity index (χ2v) is 6.66. The number of hydrogen-bond acceptors (Lipinski definition) is 5. The summed E-state index contributed by atoms with van der Waals surface area (Å²) < 4.78 is 31.1. The Morgan fingerprint density at radius 3 is 2.56 bits per heavy atom. The summed E-state index contributed by atoms with van der Waals surface area (Å²) in [6.07, 6.45) is 2.38. The summed E-state index contributed by atoms with van der Waals surface area (Å²) in [5, 5.41) is 11.8. The minimum absolute atomic E-state index is 0.209. The molecule has 140 valence electrons. The molecule has 1 aliphatic heterocycles. The predicted molar refractivity (Wildman–Crippen MR) is 98.7 cm³/mol. The molecule has 2 aliphatic rings. The molecule has 1 aromatic carbocycles.